The molecule has 2 aromatic heterocycles. The summed E-state index contributed by atoms with van der Waals surface area (Å²) in [5.74, 6) is 2.50. The highest BCUT2D eigenvalue weighted by atomic mass is 32.2. The van der Waals surface area contributed by atoms with Gasteiger partial charge >= 0.3 is 0 Å². The number of nitrogens with zero attached hydrogens (tertiary/aromatic N) is 3. The van der Waals surface area contributed by atoms with Crippen molar-refractivity contribution in [2.24, 2.45) is 5.92 Å². The minimum atomic E-state index is -2.95. The summed E-state index contributed by atoms with van der Waals surface area (Å²) in [6.45, 7) is 1.24. The quantitative estimate of drug-likeness (QED) is 0.839. The second-order valence-corrected chi connectivity index (χ2v) is 8.56. The Hall–Kier alpha value is -1.67. The zero-order valence-electron chi connectivity index (χ0n) is 12.7. The molecule has 0 bridgehead atoms. The van der Waals surface area contributed by atoms with E-state index in [-0.39, 0.29) is 17.5 Å². The first-order chi connectivity index (χ1) is 11.1. The topological polar surface area (TPSA) is 89.4 Å². The molecule has 7 nitrogen and oxygen atoms in total. The van der Waals surface area contributed by atoms with Crippen molar-refractivity contribution in [1.29, 1.82) is 0 Å². The molecule has 0 N–H and O–H groups in total. The van der Waals surface area contributed by atoms with Crippen molar-refractivity contribution in [1.82, 2.24) is 15.0 Å². The molecule has 1 saturated heterocycles. The fourth-order valence-electron chi connectivity index (χ4n) is 3.21. The van der Waals surface area contributed by atoms with E-state index in [1.807, 2.05) is 0 Å². The number of hydrogen-bond acceptors (Lipinski definition) is 7. The second kappa shape index (κ2) is 5.76. The molecule has 1 unspecified atom stereocenters. The summed E-state index contributed by atoms with van der Waals surface area (Å²) in [7, 11) is -2.95. The average molecular weight is 337 g/mol. The van der Waals surface area contributed by atoms with Crippen LogP contribution in [0.3, 0.4) is 0 Å². The van der Waals surface area contributed by atoms with Gasteiger partial charge in [-0.3, -0.25) is 4.90 Å². The van der Waals surface area contributed by atoms with E-state index in [0.717, 1.165) is 19.4 Å². The minimum Gasteiger partial charge on any atom is -0.461 e. The van der Waals surface area contributed by atoms with Crippen LogP contribution in [0.5, 0.6) is 0 Å². The lowest BCUT2D eigenvalue weighted by Crippen LogP contribution is -2.39. The van der Waals surface area contributed by atoms with Crippen molar-refractivity contribution in [2.45, 2.75) is 31.8 Å². The highest BCUT2D eigenvalue weighted by Crippen LogP contribution is 2.37. The molecule has 1 aliphatic carbocycles. The summed E-state index contributed by atoms with van der Waals surface area (Å²) in [5.41, 5.74) is 0. The third-order valence-corrected chi connectivity index (χ3v) is 6.27. The van der Waals surface area contributed by atoms with Crippen LogP contribution in [0.2, 0.25) is 0 Å². The first kappa shape index (κ1) is 14.9. The molecule has 2 fully saturated rings. The summed E-state index contributed by atoms with van der Waals surface area (Å²) in [4.78, 5) is 6.56. The van der Waals surface area contributed by atoms with Gasteiger partial charge in [-0.25, -0.2) is 8.42 Å². The molecule has 8 heteroatoms. The van der Waals surface area contributed by atoms with Crippen LogP contribution in [-0.2, 0) is 16.4 Å². The number of hydrogen-bond donors (Lipinski definition) is 0. The first-order valence-corrected chi connectivity index (χ1v) is 9.74. The lowest BCUT2D eigenvalue weighted by Gasteiger charge is -2.27. The zero-order valence-corrected chi connectivity index (χ0v) is 13.5. The smallest absolute Gasteiger partial charge is 0.241 e. The Kier molecular flexibility index (Phi) is 3.73. The fourth-order valence-corrected chi connectivity index (χ4v) is 4.95. The molecule has 1 aliphatic heterocycles. The van der Waals surface area contributed by atoms with E-state index in [1.54, 1.807) is 18.4 Å². The highest BCUT2D eigenvalue weighted by Gasteiger charge is 2.40. The van der Waals surface area contributed by atoms with Gasteiger partial charge in [-0.15, -0.1) is 0 Å². The van der Waals surface area contributed by atoms with Gasteiger partial charge in [0, 0.05) is 6.04 Å². The van der Waals surface area contributed by atoms with Crippen molar-refractivity contribution in [3.05, 3.63) is 24.3 Å². The van der Waals surface area contributed by atoms with Gasteiger partial charge in [-0.1, -0.05) is 5.16 Å². The Morgan fingerprint density at radius 3 is 2.96 bits per heavy atom. The standard InChI is InChI=1S/C15H19N3O4S/c19-23(20)8-2-6-18(12(10-23)11-4-5-11)9-14-16-15(17-22-14)13-3-1-7-21-13/h1,3,7,11-12H,2,4-6,8-10H2. The molecule has 0 radical (unpaired) electrons. The largest absolute Gasteiger partial charge is 0.461 e. The Labute approximate surface area is 134 Å². The number of sulfone groups is 1. The molecule has 23 heavy (non-hydrogen) atoms. The molecule has 4 rings (SSSR count). The van der Waals surface area contributed by atoms with Gasteiger partial charge in [0.05, 0.1) is 24.3 Å². The average Bonchev–Trinajstić information content (AvgIpc) is 3.04. The molecule has 1 atom stereocenters. The molecule has 124 valence electrons. The Morgan fingerprint density at radius 1 is 1.35 bits per heavy atom. The lowest BCUT2D eigenvalue weighted by atomic mass is 10.1. The number of furan rings is 1. The van der Waals surface area contributed by atoms with Crippen LogP contribution in [0.15, 0.2) is 27.3 Å². The predicted molar refractivity (Wildman–Crippen MR) is 82.2 cm³/mol. The van der Waals surface area contributed by atoms with E-state index < -0.39 is 9.84 Å². The molecule has 0 spiro atoms. The molecule has 0 aromatic carbocycles. The predicted octanol–water partition coefficient (Wildman–Crippen LogP) is 1.73. The van der Waals surface area contributed by atoms with Gasteiger partial charge < -0.3 is 8.94 Å². The van der Waals surface area contributed by atoms with Crippen LogP contribution < -0.4 is 0 Å². The summed E-state index contributed by atoms with van der Waals surface area (Å²) in [5, 5.41) is 3.94. The second-order valence-electron chi connectivity index (χ2n) is 6.33. The molecule has 0 amide bonds. The summed E-state index contributed by atoms with van der Waals surface area (Å²) in [6, 6.07) is 3.62. The normalized spacial score (nSPS) is 25.3. The molecule has 2 aliphatic rings. The summed E-state index contributed by atoms with van der Waals surface area (Å²) >= 11 is 0. The van der Waals surface area contributed by atoms with Crippen LogP contribution >= 0.6 is 0 Å². The van der Waals surface area contributed by atoms with Crippen LogP contribution in [-0.4, -0.2) is 47.6 Å². The third kappa shape index (κ3) is 3.32. The SMILES string of the molecule is O=S1(=O)CCCN(Cc2nc(-c3ccco3)no2)C(C2CC2)C1. The monoisotopic (exact) mass is 337 g/mol. The third-order valence-electron chi connectivity index (χ3n) is 4.51. The highest BCUT2D eigenvalue weighted by molar-refractivity contribution is 7.91. The van der Waals surface area contributed by atoms with E-state index in [0.29, 0.717) is 36.4 Å². The fraction of sp³-hybridized carbons (Fsp3) is 0.600. The molecular weight excluding hydrogens is 318 g/mol. The maximum atomic E-state index is 12.1. The molecule has 1 saturated carbocycles. The van der Waals surface area contributed by atoms with Gasteiger partial charge in [0.2, 0.25) is 11.7 Å². The van der Waals surface area contributed by atoms with Crippen molar-refractivity contribution in [3.63, 3.8) is 0 Å². The summed E-state index contributed by atoms with van der Waals surface area (Å²) < 4.78 is 34.7. The van der Waals surface area contributed by atoms with Crippen molar-refractivity contribution >= 4 is 9.84 Å². The van der Waals surface area contributed by atoms with E-state index in [4.69, 9.17) is 8.94 Å². The van der Waals surface area contributed by atoms with E-state index in [9.17, 15) is 8.42 Å². The van der Waals surface area contributed by atoms with Gasteiger partial charge in [0.15, 0.2) is 15.6 Å². The van der Waals surface area contributed by atoms with E-state index >= 15 is 0 Å². The van der Waals surface area contributed by atoms with Crippen LogP contribution in [0.25, 0.3) is 11.6 Å². The van der Waals surface area contributed by atoms with Crippen molar-refractivity contribution in [3.8, 4) is 11.6 Å². The van der Waals surface area contributed by atoms with Crippen LogP contribution in [0.4, 0.5) is 0 Å². The molecule has 2 aromatic rings. The van der Waals surface area contributed by atoms with Crippen LogP contribution in [0, 0.1) is 5.92 Å². The summed E-state index contributed by atoms with van der Waals surface area (Å²) in [6.07, 6.45) is 4.44. The zero-order chi connectivity index (χ0) is 15.9. The lowest BCUT2D eigenvalue weighted by molar-refractivity contribution is 0.165. The van der Waals surface area contributed by atoms with Gasteiger partial charge in [0.25, 0.3) is 0 Å². The van der Waals surface area contributed by atoms with E-state index in [2.05, 4.69) is 15.0 Å². The first-order valence-electron chi connectivity index (χ1n) is 7.92. The Balaban J connectivity index is 1.52. The number of rotatable bonds is 4. The molecule has 3 heterocycles. The minimum absolute atomic E-state index is 0.0708. The van der Waals surface area contributed by atoms with Gasteiger partial charge in [-0.2, -0.15) is 4.98 Å². The van der Waals surface area contributed by atoms with Gasteiger partial charge in [0.1, 0.15) is 0 Å². The van der Waals surface area contributed by atoms with Crippen molar-refractivity contribution < 1.29 is 17.4 Å². The van der Waals surface area contributed by atoms with Crippen LogP contribution in [0.1, 0.15) is 25.2 Å². The maximum absolute atomic E-state index is 12.1. The molecular formula is C15H19N3O4S. The maximum Gasteiger partial charge on any atom is 0.241 e. The van der Waals surface area contributed by atoms with Crippen molar-refractivity contribution in [2.75, 3.05) is 18.1 Å². The van der Waals surface area contributed by atoms with Gasteiger partial charge in [-0.05, 0) is 43.9 Å². The Morgan fingerprint density at radius 2 is 2.22 bits per heavy atom. The Bertz CT molecular complexity index is 765. The number of aromatic nitrogens is 2. The van der Waals surface area contributed by atoms with E-state index in [1.165, 1.54) is 0 Å².